The molecule has 3 aromatic carbocycles. The van der Waals surface area contributed by atoms with Gasteiger partial charge in [0.2, 0.25) is 0 Å². The van der Waals surface area contributed by atoms with Crippen molar-refractivity contribution in [3.8, 4) is 0 Å². The second kappa shape index (κ2) is 7.19. The zero-order valence-electron chi connectivity index (χ0n) is 14.1. The predicted molar refractivity (Wildman–Crippen MR) is 101 cm³/mol. The molecule has 0 aliphatic heterocycles. The smallest absolute Gasteiger partial charge is 0.252 e. The van der Waals surface area contributed by atoms with Crippen LogP contribution in [0.4, 0.5) is 0 Å². The lowest BCUT2D eigenvalue weighted by molar-refractivity contribution is 0.0932. The standard InChI is InChI=1S/C21H18N4O/c26-21(19-12-6-10-16-7-4-5-11-18(16)19)24-20(15-25-22-13-14-23-25)17-8-2-1-3-9-17/h1-14,20H,15H2,(H,24,26). The maximum atomic E-state index is 13.0. The van der Waals surface area contributed by atoms with E-state index in [0.29, 0.717) is 12.1 Å². The number of fused-ring (bicyclic) bond motifs is 1. The minimum absolute atomic E-state index is 0.109. The van der Waals surface area contributed by atoms with Crippen molar-refractivity contribution in [2.75, 3.05) is 0 Å². The number of nitrogens with zero attached hydrogens (tertiary/aromatic N) is 3. The Kier molecular flexibility index (Phi) is 4.43. The quantitative estimate of drug-likeness (QED) is 0.603. The molecule has 5 nitrogen and oxygen atoms in total. The molecule has 4 rings (SSSR count). The monoisotopic (exact) mass is 342 g/mol. The molecule has 4 aromatic rings. The molecule has 26 heavy (non-hydrogen) atoms. The van der Waals surface area contributed by atoms with Gasteiger partial charge in [0.25, 0.3) is 5.91 Å². The van der Waals surface area contributed by atoms with Gasteiger partial charge in [-0.3, -0.25) is 4.79 Å². The van der Waals surface area contributed by atoms with Crippen molar-refractivity contribution in [1.29, 1.82) is 0 Å². The molecule has 1 heterocycles. The molecule has 0 saturated carbocycles. The van der Waals surface area contributed by atoms with Crippen LogP contribution < -0.4 is 5.32 Å². The Morgan fingerprint density at radius 1 is 0.885 bits per heavy atom. The topological polar surface area (TPSA) is 59.8 Å². The third-order valence-corrected chi connectivity index (χ3v) is 4.35. The minimum atomic E-state index is -0.227. The van der Waals surface area contributed by atoms with Gasteiger partial charge in [-0.15, -0.1) is 0 Å². The first-order valence-electron chi connectivity index (χ1n) is 8.49. The second-order valence-corrected chi connectivity index (χ2v) is 6.05. The Bertz CT molecular complexity index is 1010. The summed E-state index contributed by atoms with van der Waals surface area (Å²) in [4.78, 5) is 14.6. The molecular formula is C21H18N4O. The van der Waals surface area contributed by atoms with E-state index in [1.165, 1.54) is 0 Å². The van der Waals surface area contributed by atoms with Crippen LogP contribution in [0.15, 0.2) is 85.2 Å². The normalized spacial score (nSPS) is 12.0. The van der Waals surface area contributed by atoms with Gasteiger partial charge in [-0.25, -0.2) is 0 Å². The summed E-state index contributed by atoms with van der Waals surface area (Å²) in [6.07, 6.45) is 3.27. The van der Waals surface area contributed by atoms with Gasteiger partial charge in [-0.05, 0) is 22.4 Å². The molecule has 0 bridgehead atoms. The number of carbonyl (C=O) groups is 1. The van der Waals surface area contributed by atoms with Gasteiger partial charge in [0.1, 0.15) is 0 Å². The van der Waals surface area contributed by atoms with Gasteiger partial charge in [-0.1, -0.05) is 66.7 Å². The van der Waals surface area contributed by atoms with Crippen LogP contribution in [0.25, 0.3) is 10.8 Å². The van der Waals surface area contributed by atoms with Crippen molar-refractivity contribution < 1.29 is 4.79 Å². The highest BCUT2D eigenvalue weighted by Gasteiger charge is 2.18. The Labute approximate surface area is 151 Å². The van der Waals surface area contributed by atoms with E-state index in [0.717, 1.165) is 16.3 Å². The van der Waals surface area contributed by atoms with E-state index >= 15 is 0 Å². The Hall–Kier alpha value is -3.47. The fourth-order valence-electron chi connectivity index (χ4n) is 3.08. The molecule has 0 spiro atoms. The van der Waals surface area contributed by atoms with Crippen LogP contribution in [-0.2, 0) is 6.54 Å². The van der Waals surface area contributed by atoms with Crippen LogP contribution in [0.5, 0.6) is 0 Å². The van der Waals surface area contributed by atoms with Gasteiger partial charge in [0.05, 0.1) is 25.0 Å². The largest absolute Gasteiger partial charge is 0.343 e. The summed E-state index contributed by atoms with van der Waals surface area (Å²) in [6.45, 7) is 0.466. The second-order valence-electron chi connectivity index (χ2n) is 6.05. The Morgan fingerprint density at radius 2 is 1.58 bits per heavy atom. The van der Waals surface area contributed by atoms with Gasteiger partial charge >= 0.3 is 0 Å². The summed E-state index contributed by atoms with van der Waals surface area (Å²) in [6, 6.07) is 23.3. The number of benzene rings is 3. The summed E-state index contributed by atoms with van der Waals surface area (Å²) in [5, 5.41) is 13.5. The molecule has 0 aliphatic rings. The zero-order valence-corrected chi connectivity index (χ0v) is 14.1. The van der Waals surface area contributed by atoms with Gasteiger partial charge in [0.15, 0.2) is 0 Å². The summed E-state index contributed by atoms with van der Waals surface area (Å²) in [7, 11) is 0. The number of amides is 1. The number of aromatic nitrogens is 3. The third-order valence-electron chi connectivity index (χ3n) is 4.35. The van der Waals surface area contributed by atoms with Crippen LogP contribution in [0.2, 0.25) is 0 Å². The summed E-state index contributed by atoms with van der Waals surface area (Å²) in [5.74, 6) is -0.109. The maximum Gasteiger partial charge on any atom is 0.252 e. The summed E-state index contributed by atoms with van der Waals surface area (Å²) >= 11 is 0. The van der Waals surface area contributed by atoms with E-state index in [2.05, 4.69) is 15.5 Å². The highest BCUT2D eigenvalue weighted by atomic mass is 16.1. The maximum absolute atomic E-state index is 13.0. The van der Waals surface area contributed by atoms with E-state index in [9.17, 15) is 4.79 Å². The van der Waals surface area contributed by atoms with E-state index < -0.39 is 0 Å². The van der Waals surface area contributed by atoms with Gasteiger partial charge < -0.3 is 5.32 Å². The van der Waals surface area contributed by atoms with Crippen LogP contribution in [0, 0.1) is 0 Å². The molecule has 5 heteroatoms. The number of hydrogen-bond donors (Lipinski definition) is 1. The zero-order chi connectivity index (χ0) is 17.8. The van der Waals surface area contributed by atoms with Gasteiger partial charge in [-0.2, -0.15) is 15.0 Å². The van der Waals surface area contributed by atoms with Gasteiger partial charge in [0, 0.05) is 5.56 Å². The van der Waals surface area contributed by atoms with E-state index in [1.807, 2.05) is 72.8 Å². The highest BCUT2D eigenvalue weighted by molar-refractivity contribution is 6.07. The Balaban J connectivity index is 1.65. The van der Waals surface area contributed by atoms with Crippen LogP contribution in [0.3, 0.4) is 0 Å². The van der Waals surface area contributed by atoms with E-state index in [1.54, 1.807) is 17.2 Å². The first-order valence-corrected chi connectivity index (χ1v) is 8.49. The van der Waals surface area contributed by atoms with Crippen molar-refractivity contribution in [2.24, 2.45) is 0 Å². The van der Waals surface area contributed by atoms with Crippen molar-refractivity contribution >= 4 is 16.7 Å². The fraction of sp³-hybridized carbons (Fsp3) is 0.0952. The highest BCUT2D eigenvalue weighted by Crippen LogP contribution is 2.20. The third kappa shape index (κ3) is 3.32. The molecule has 1 atom stereocenters. The minimum Gasteiger partial charge on any atom is -0.343 e. The van der Waals surface area contributed by atoms with Crippen LogP contribution in [-0.4, -0.2) is 20.9 Å². The molecule has 1 N–H and O–H groups in total. The lowest BCUT2D eigenvalue weighted by Crippen LogP contribution is -2.32. The summed E-state index contributed by atoms with van der Waals surface area (Å²) in [5.41, 5.74) is 1.68. The Morgan fingerprint density at radius 3 is 2.38 bits per heavy atom. The molecule has 1 aromatic heterocycles. The number of carbonyl (C=O) groups excluding carboxylic acids is 1. The van der Waals surface area contributed by atoms with Crippen molar-refractivity contribution in [2.45, 2.75) is 12.6 Å². The number of rotatable bonds is 5. The number of nitrogens with one attached hydrogen (secondary N) is 1. The van der Waals surface area contributed by atoms with E-state index in [-0.39, 0.29) is 11.9 Å². The van der Waals surface area contributed by atoms with Crippen molar-refractivity contribution in [3.05, 3.63) is 96.3 Å². The first-order chi connectivity index (χ1) is 12.8. The lowest BCUT2D eigenvalue weighted by Gasteiger charge is -2.19. The average molecular weight is 342 g/mol. The molecule has 128 valence electrons. The lowest BCUT2D eigenvalue weighted by atomic mass is 10.0. The number of hydrogen-bond acceptors (Lipinski definition) is 3. The fourth-order valence-corrected chi connectivity index (χ4v) is 3.08. The van der Waals surface area contributed by atoms with E-state index in [4.69, 9.17) is 0 Å². The molecule has 1 amide bonds. The van der Waals surface area contributed by atoms with Crippen LogP contribution >= 0.6 is 0 Å². The average Bonchev–Trinajstić information content (AvgIpc) is 3.21. The van der Waals surface area contributed by atoms with Crippen molar-refractivity contribution in [1.82, 2.24) is 20.3 Å². The van der Waals surface area contributed by atoms with Crippen LogP contribution in [0.1, 0.15) is 22.0 Å². The predicted octanol–water partition coefficient (Wildman–Crippen LogP) is 3.60. The molecule has 1 unspecified atom stereocenters. The first kappa shape index (κ1) is 16.0. The molecule has 0 saturated heterocycles. The molecular weight excluding hydrogens is 324 g/mol. The molecule has 0 radical (unpaired) electrons. The molecule has 0 fully saturated rings. The van der Waals surface area contributed by atoms with Crippen molar-refractivity contribution in [3.63, 3.8) is 0 Å². The molecule has 0 aliphatic carbocycles. The SMILES string of the molecule is O=C(NC(Cn1nccn1)c1ccccc1)c1cccc2ccccc12. The summed E-state index contributed by atoms with van der Waals surface area (Å²) < 4.78 is 0.